The Kier molecular flexibility index (Phi) is 9.48. The first-order valence-electron chi connectivity index (χ1n) is 9.83. The Morgan fingerprint density at radius 3 is 2.52 bits per heavy atom. The molecule has 0 aliphatic heterocycles. The van der Waals surface area contributed by atoms with Crippen LogP contribution in [0.4, 0.5) is 10.5 Å². The molecule has 0 aromatic heterocycles. The zero-order valence-electron chi connectivity index (χ0n) is 16.1. The van der Waals surface area contributed by atoms with Crippen molar-refractivity contribution >= 4 is 17.6 Å². The van der Waals surface area contributed by atoms with Crippen LogP contribution in [0.5, 0.6) is 5.75 Å². The van der Waals surface area contributed by atoms with Gasteiger partial charge in [-0.2, -0.15) is 0 Å². The van der Waals surface area contributed by atoms with E-state index >= 15 is 0 Å². The van der Waals surface area contributed by atoms with Crippen molar-refractivity contribution < 1.29 is 19.1 Å². The van der Waals surface area contributed by atoms with Crippen molar-refractivity contribution in [3.05, 3.63) is 24.3 Å². The molecule has 3 amide bonds. The van der Waals surface area contributed by atoms with E-state index < -0.39 is 0 Å². The van der Waals surface area contributed by atoms with Crippen LogP contribution in [0.25, 0.3) is 0 Å². The molecule has 0 bridgehead atoms. The Hall–Kier alpha value is -2.28. The highest BCUT2D eigenvalue weighted by Crippen LogP contribution is 2.20. The van der Waals surface area contributed by atoms with Gasteiger partial charge in [0.15, 0.2) is 6.61 Å². The van der Waals surface area contributed by atoms with E-state index in [1.807, 2.05) is 6.92 Å². The van der Waals surface area contributed by atoms with Gasteiger partial charge in [-0.05, 0) is 50.5 Å². The first-order chi connectivity index (χ1) is 13.2. The number of nitrogens with one attached hydrogen (secondary N) is 3. The fourth-order valence-corrected chi connectivity index (χ4v) is 2.96. The molecule has 1 aliphatic rings. The van der Waals surface area contributed by atoms with Crippen molar-refractivity contribution in [1.82, 2.24) is 10.6 Å². The highest BCUT2D eigenvalue weighted by Gasteiger charge is 2.13. The van der Waals surface area contributed by atoms with Gasteiger partial charge < -0.3 is 25.4 Å². The maximum atomic E-state index is 11.9. The maximum absolute atomic E-state index is 11.9. The summed E-state index contributed by atoms with van der Waals surface area (Å²) < 4.78 is 11.2. The summed E-state index contributed by atoms with van der Waals surface area (Å²) >= 11 is 0. The first kappa shape index (κ1) is 21.0. The summed E-state index contributed by atoms with van der Waals surface area (Å²) in [5.74, 6) is 0.415. The van der Waals surface area contributed by atoms with Gasteiger partial charge in [-0.3, -0.25) is 4.79 Å². The van der Waals surface area contributed by atoms with Gasteiger partial charge in [0, 0.05) is 25.4 Å². The quantitative estimate of drug-likeness (QED) is 0.547. The predicted molar refractivity (Wildman–Crippen MR) is 105 cm³/mol. The molecule has 0 heterocycles. The lowest BCUT2D eigenvalue weighted by atomic mass is 9.98. The van der Waals surface area contributed by atoms with Crippen molar-refractivity contribution in [2.45, 2.75) is 51.6 Å². The number of ether oxygens (including phenoxy) is 2. The van der Waals surface area contributed by atoms with Crippen LogP contribution >= 0.6 is 0 Å². The Morgan fingerprint density at radius 1 is 1.07 bits per heavy atom. The minimum absolute atomic E-state index is 0.0238. The maximum Gasteiger partial charge on any atom is 0.319 e. The molecule has 1 aliphatic carbocycles. The van der Waals surface area contributed by atoms with Gasteiger partial charge >= 0.3 is 6.03 Å². The van der Waals surface area contributed by atoms with Gasteiger partial charge in [-0.1, -0.05) is 19.3 Å². The summed E-state index contributed by atoms with van der Waals surface area (Å²) in [7, 11) is 0. The molecule has 1 saturated carbocycles. The number of anilines is 1. The molecule has 3 N–H and O–H groups in total. The second-order valence-corrected chi connectivity index (χ2v) is 6.63. The van der Waals surface area contributed by atoms with Crippen LogP contribution in [0.2, 0.25) is 0 Å². The van der Waals surface area contributed by atoms with Gasteiger partial charge in [0.25, 0.3) is 5.91 Å². The summed E-state index contributed by atoms with van der Waals surface area (Å²) in [6, 6.07) is 6.65. The molecule has 2 rings (SSSR count). The minimum Gasteiger partial charge on any atom is -0.484 e. The van der Waals surface area contributed by atoms with E-state index in [2.05, 4.69) is 16.0 Å². The van der Waals surface area contributed by atoms with Gasteiger partial charge in [-0.15, -0.1) is 0 Å². The second kappa shape index (κ2) is 12.2. The standard InChI is InChI=1S/C20H31N3O4/c1-2-21-19(24)15-27-18-11-9-16(10-12-18)23-20(25)22-13-6-14-26-17-7-4-3-5-8-17/h9-12,17H,2-8,13-15H2,1H3,(H,21,24)(H2,22,23,25). The van der Waals surface area contributed by atoms with Crippen LogP contribution in [-0.4, -0.2) is 44.3 Å². The van der Waals surface area contributed by atoms with Crippen LogP contribution in [0.1, 0.15) is 45.4 Å². The number of carbonyl (C=O) groups is 2. The lowest BCUT2D eigenvalue weighted by Gasteiger charge is -2.21. The number of hydrogen-bond donors (Lipinski definition) is 3. The molecular formula is C20H31N3O4. The summed E-state index contributed by atoms with van der Waals surface area (Å²) in [6.45, 7) is 3.67. The molecule has 0 spiro atoms. The number of urea groups is 1. The monoisotopic (exact) mass is 377 g/mol. The lowest BCUT2D eigenvalue weighted by Crippen LogP contribution is -2.30. The molecule has 27 heavy (non-hydrogen) atoms. The summed E-state index contributed by atoms with van der Waals surface area (Å²) in [4.78, 5) is 23.3. The van der Waals surface area contributed by atoms with Gasteiger partial charge in [-0.25, -0.2) is 4.79 Å². The fraction of sp³-hybridized carbons (Fsp3) is 0.600. The van der Waals surface area contributed by atoms with E-state index in [1.54, 1.807) is 24.3 Å². The number of hydrogen-bond acceptors (Lipinski definition) is 4. The molecule has 0 unspecified atom stereocenters. The van der Waals surface area contributed by atoms with Crippen molar-refractivity contribution in [2.75, 3.05) is 31.6 Å². The SMILES string of the molecule is CCNC(=O)COc1ccc(NC(=O)NCCCOC2CCCCC2)cc1. The molecule has 1 fully saturated rings. The minimum atomic E-state index is -0.247. The average Bonchev–Trinajstić information content (AvgIpc) is 2.68. The van der Waals surface area contributed by atoms with Gasteiger partial charge in [0.2, 0.25) is 0 Å². The third-order valence-corrected chi connectivity index (χ3v) is 4.37. The van der Waals surface area contributed by atoms with Crippen LogP contribution in [0.3, 0.4) is 0 Å². The van der Waals surface area contributed by atoms with E-state index in [9.17, 15) is 9.59 Å². The molecule has 0 atom stereocenters. The normalized spacial score (nSPS) is 14.4. The predicted octanol–water partition coefficient (Wildman–Crippen LogP) is 3.06. The smallest absolute Gasteiger partial charge is 0.319 e. The molecule has 7 nitrogen and oxygen atoms in total. The third kappa shape index (κ3) is 8.77. The van der Waals surface area contributed by atoms with Crippen LogP contribution in [0, 0.1) is 0 Å². The molecule has 1 aromatic rings. The Balaban J connectivity index is 1.57. The van der Waals surface area contributed by atoms with E-state index in [0.29, 0.717) is 37.2 Å². The Bertz CT molecular complexity index is 571. The van der Waals surface area contributed by atoms with E-state index in [-0.39, 0.29) is 18.5 Å². The van der Waals surface area contributed by atoms with E-state index in [1.165, 1.54) is 19.3 Å². The molecule has 0 saturated heterocycles. The van der Waals surface area contributed by atoms with Crippen LogP contribution in [-0.2, 0) is 9.53 Å². The lowest BCUT2D eigenvalue weighted by molar-refractivity contribution is -0.122. The fourth-order valence-electron chi connectivity index (χ4n) is 2.96. The molecule has 150 valence electrons. The molecule has 0 radical (unpaired) electrons. The number of carbonyl (C=O) groups excluding carboxylic acids is 2. The molecule has 1 aromatic carbocycles. The van der Waals surface area contributed by atoms with Crippen molar-refractivity contribution in [3.8, 4) is 5.75 Å². The van der Waals surface area contributed by atoms with E-state index in [0.717, 1.165) is 19.3 Å². The van der Waals surface area contributed by atoms with Crippen molar-refractivity contribution in [1.29, 1.82) is 0 Å². The van der Waals surface area contributed by atoms with Gasteiger partial charge in [0.05, 0.1) is 6.10 Å². The Morgan fingerprint density at radius 2 is 1.81 bits per heavy atom. The summed E-state index contributed by atoms with van der Waals surface area (Å²) in [5, 5.41) is 8.25. The summed E-state index contributed by atoms with van der Waals surface area (Å²) in [6.07, 6.45) is 7.39. The summed E-state index contributed by atoms with van der Waals surface area (Å²) in [5.41, 5.74) is 0.663. The number of amides is 3. The van der Waals surface area contributed by atoms with Crippen molar-refractivity contribution in [3.63, 3.8) is 0 Å². The molecule has 7 heteroatoms. The van der Waals surface area contributed by atoms with Crippen LogP contribution in [0.15, 0.2) is 24.3 Å². The van der Waals surface area contributed by atoms with Crippen LogP contribution < -0.4 is 20.7 Å². The average molecular weight is 377 g/mol. The first-order valence-corrected chi connectivity index (χ1v) is 9.83. The highest BCUT2D eigenvalue weighted by molar-refractivity contribution is 5.89. The molecular weight excluding hydrogens is 346 g/mol. The van der Waals surface area contributed by atoms with Gasteiger partial charge in [0.1, 0.15) is 5.75 Å². The second-order valence-electron chi connectivity index (χ2n) is 6.63. The number of likely N-dealkylation sites (N-methyl/N-ethyl adjacent to an activating group) is 1. The largest absolute Gasteiger partial charge is 0.484 e. The highest BCUT2D eigenvalue weighted by atomic mass is 16.5. The Labute approximate surface area is 161 Å². The third-order valence-electron chi connectivity index (χ3n) is 4.37. The zero-order chi connectivity index (χ0) is 19.3. The zero-order valence-corrected chi connectivity index (χ0v) is 16.1. The number of rotatable bonds is 10. The number of benzene rings is 1. The topological polar surface area (TPSA) is 88.7 Å². The van der Waals surface area contributed by atoms with E-state index in [4.69, 9.17) is 9.47 Å². The van der Waals surface area contributed by atoms with Crippen molar-refractivity contribution in [2.24, 2.45) is 0 Å².